The van der Waals surface area contributed by atoms with E-state index in [0.717, 1.165) is 65.0 Å². The van der Waals surface area contributed by atoms with Crippen molar-refractivity contribution >= 4 is 27.6 Å². The fraction of sp³-hybridized carbons (Fsp3) is 0.250. The molecule has 1 fully saturated rings. The van der Waals surface area contributed by atoms with Crippen molar-refractivity contribution in [1.29, 1.82) is 5.26 Å². The molecule has 5 nitrogen and oxygen atoms in total. The molecule has 1 aliphatic rings. The highest BCUT2D eigenvalue weighted by molar-refractivity contribution is 7.87. The van der Waals surface area contributed by atoms with Crippen LogP contribution in [-0.2, 0) is 24.1 Å². The Morgan fingerprint density at radius 3 is 2.53 bits per heavy atom. The second kappa shape index (κ2) is 9.74. The maximum Gasteiger partial charge on any atom is 0.121 e. The van der Waals surface area contributed by atoms with Crippen molar-refractivity contribution in [2.24, 2.45) is 0 Å². The van der Waals surface area contributed by atoms with Gasteiger partial charge >= 0.3 is 0 Å². The molecule has 1 unspecified atom stereocenters. The second-order valence-corrected chi connectivity index (χ2v) is 10.1. The maximum atomic E-state index is 12.2. The zero-order valence-electron chi connectivity index (χ0n) is 19.2. The highest BCUT2D eigenvalue weighted by Gasteiger charge is 2.28. The second-order valence-electron chi connectivity index (χ2n) is 8.62. The molecule has 34 heavy (non-hydrogen) atoms. The van der Waals surface area contributed by atoms with Gasteiger partial charge in [-0.3, -0.25) is 0 Å². The van der Waals surface area contributed by atoms with E-state index in [-0.39, 0.29) is 5.25 Å². The number of benzene rings is 3. The Bertz CT molecular complexity index is 1370. The predicted molar refractivity (Wildman–Crippen MR) is 138 cm³/mol. The molecule has 6 heteroatoms. The molecule has 1 saturated carbocycles. The van der Waals surface area contributed by atoms with Crippen molar-refractivity contribution in [1.82, 2.24) is 4.57 Å². The molecule has 5 rings (SSSR count). The van der Waals surface area contributed by atoms with Crippen molar-refractivity contribution in [2.75, 3.05) is 4.72 Å². The number of rotatable bonds is 9. The Hall–Kier alpha value is -3.56. The summed E-state index contributed by atoms with van der Waals surface area (Å²) in [6.45, 7) is 3.43. The predicted octanol–water partition coefficient (Wildman–Crippen LogP) is 6.41. The molecule has 0 radical (unpaired) electrons. The lowest BCUT2D eigenvalue weighted by molar-refractivity contribution is 0.306. The Morgan fingerprint density at radius 2 is 1.85 bits per heavy atom. The van der Waals surface area contributed by atoms with E-state index in [9.17, 15) is 9.47 Å². The number of anilines is 1. The lowest BCUT2D eigenvalue weighted by atomic mass is 10.1. The van der Waals surface area contributed by atoms with Crippen molar-refractivity contribution in [3.8, 4) is 23.1 Å². The first-order valence-corrected chi connectivity index (χ1v) is 12.9. The summed E-state index contributed by atoms with van der Waals surface area (Å²) in [7, 11) is -1.03. The Kier molecular flexibility index (Phi) is 6.37. The summed E-state index contributed by atoms with van der Waals surface area (Å²) in [6.07, 6.45) is 2.99. The zero-order chi connectivity index (χ0) is 23.5. The first-order valence-electron chi connectivity index (χ1n) is 11.7. The van der Waals surface area contributed by atoms with Crippen molar-refractivity contribution < 1.29 is 8.95 Å². The Balaban J connectivity index is 1.49. The molecule has 3 aromatic carbocycles. The molecule has 1 heterocycles. The third kappa shape index (κ3) is 4.57. The number of fused-ring (bicyclic) bond motifs is 1. The van der Waals surface area contributed by atoms with Crippen LogP contribution in [0.1, 0.15) is 37.3 Å². The SMILES string of the molecule is CCCn1c(-c2ccc(NS(=O)C3CC3)cc2)c(C#N)c2ccc(OCc3ccccc3)cc21. The van der Waals surface area contributed by atoms with Gasteiger partial charge < -0.3 is 14.0 Å². The van der Waals surface area contributed by atoms with Gasteiger partial charge in [0.25, 0.3) is 0 Å². The van der Waals surface area contributed by atoms with Crippen LogP contribution in [0.5, 0.6) is 5.75 Å². The lowest BCUT2D eigenvalue weighted by Crippen LogP contribution is -2.08. The fourth-order valence-electron chi connectivity index (χ4n) is 4.21. The first kappa shape index (κ1) is 22.2. The summed E-state index contributed by atoms with van der Waals surface area (Å²) >= 11 is 0. The van der Waals surface area contributed by atoms with Gasteiger partial charge in [-0.1, -0.05) is 49.4 Å². The van der Waals surface area contributed by atoms with Gasteiger partial charge in [0.05, 0.1) is 22.0 Å². The van der Waals surface area contributed by atoms with Crippen molar-refractivity contribution in [3.05, 3.63) is 83.9 Å². The molecule has 1 atom stereocenters. The summed E-state index contributed by atoms with van der Waals surface area (Å²) in [6, 6.07) is 26.4. The molecule has 0 saturated heterocycles. The number of nitriles is 1. The van der Waals surface area contributed by atoms with Crippen LogP contribution >= 0.6 is 0 Å². The number of nitrogens with one attached hydrogen (secondary N) is 1. The van der Waals surface area contributed by atoms with Crippen LogP contribution in [-0.4, -0.2) is 14.0 Å². The van der Waals surface area contributed by atoms with E-state index in [1.807, 2.05) is 72.8 Å². The minimum atomic E-state index is -1.03. The highest BCUT2D eigenvalue weighted by atomic mass is 32.2. The Morgan fingerprint density at radius 1 is 1.09 bits per heavy atom. The number of aryl methyl sites for hydroxylation is 1. The molecule has 0 amide bonds. The third-order valence-corrected chi connectivity index (χ3v) is 7.56. The molecule has 0 bridgehead atoms. The molecular formula is C28H27N3O2S. The van der Waals surface area contributed by atoms with Gasteiger partial charge in [-0.25, -0.2) is 4.21 Å². The van der Waals surface area contributed by atoms with Gasteiger partial charge in [0.15, 0.2) is 0 Å². The summed E-state index contributed by atoms with van der Waals surface area (Å²) in [4.78, 5) is 0. The van der Waals surface area contributed by atoms with Gasteiger partial charge in [-0.2, -0.15) is 5.26 Å². The van der Waals surface area contributed by atoms with Gasteiger partial charge in [0, 0.05) is 23.7 Å². The van der Waals surface area contributed by atoms with E-state index < -0.39 is 11.0 Å². The van der Waals surface area contributed by atoms with Crippen LogP contribution in [0.3, 0.4) is 0 Å². The standard InChI is InChI=1S/C28H27N3O2S/c1-2-16-31-27-17-23(33-19-20-6-4-3-5-7-20)12-15-25(27)26(18-29)28(31)21-8-10-22(11-9-21)30-34(32)24-13-14-24/h3-12,15,17,24,30H,2,13-14,16,19H2,1H3. The van der Waals surface area contributed by atoms with E-state index in [2.05, 4.69) is 22.3 Å². The average Bonchev–Trinajstić information content (AvgIpc) is 3.68. The molecule has 1 aromatic heterocycles. The largest absolute Gasteiger partial charge is 0.489 e. The normalized spacial score (nSPS) is 14.0. The van der Waals surface area contributed by atoms with Gasteiger partial charge in [0.2, 0.25) is 0 Å². The van der Waals surface area contributed by atoms with Crippen molar-refractivity contribution in [2.45, 2.75) is 44.6 Å². The van der Waals surface area contributed by atoms with Gasteiger partial charge in [0.1, 0.15) is 29.4 Å². The monoisotopic (exact) mass is 469 g/mol. The minimum Gasteiger partial charge on any atom is -0.489 e. The van der Waals surface area contributed by atoms with Gasteiger partial charge in [-0.05, 0) is 54.7 Å². The van der Waals surface area contributed by atoms with Crippen LogP contribution in [0, 0.1) is 11.3 Å². The number of hydrogen-bond acceptors (Lipinski definition) is 3. The average molecular weight is 470 g/mol. The summed E-state index contributed by atoms with van der Waals surface area (Å²) < 4.78 is 23.6. The lowest BCUT2D eigenvalue weighted by Gasteiger charge is -2.12. The maximum absolute atomic E-state index is 12.2. The molecule has 1 N–H and O–H groups in total. The first-order chi connectivity index (χ1) is 16.7. The number of aromatic nitrogens is 1. The Labute approximate surface area is 202 Å². The van der Waals surface area contributed by atoms with Crippen LogP contribution < -0.4 is 9.46 Å². The van der Waals surface area contributed by atoms with Crippen LogP contribution in [0.25, 0.3) is 22.2 Å². The number of hydrogen-bond donors (Lipinski definition) is 1. The van der Waals surface area contributed by atoms with Crippen LogP contribution in [0.2, 0.25) is 0 Å². The molecular weight excluding hydrogens is 442 g/mol. The number of nitrogens with zero attached hydrogens (tertiary/aromatic N) is 2. The molecule has 1 aliphatic carbocycles. The zero-order valence-corrected chi connectivity index (χ0v) is 20.0. The van der Waals surface area contributed by atoms with Crippen LogP contribution in [0.15, 0.2) is 72.8 Å². The molecule has 172 valence electrons. The van der Waals surface area contributed by atoms with E-state index in [0.29, 0.717) is 12.2 Å². The molecule has 0 spiro atoms. The van der Waals surface area contributed by atoms with E-state index in [1.165, 1.54) is 0 Å². The minimum absolute atomic E-state index is 0.273. The van der Waals surface area contributed by atoms with Crippen molar-refractivity contribution in [3.63, 3.8) is 0 Å². The molecule has 0 aliphatic heterocycles. The summed E-state index contributed by atoms with van der Waals surface area (Å²) in [5.41, 5.74) is 5.49. The number of ether oxygens (including phenoxy) is 1. The van der Waals surface area contributed by atoms with Crippen LogP contribution in [0.4, 0.5) is 5.69 Å². The topological polar surface area (TPSA) is 67.0 Å². The third-order valence-electron chi connectivity index (χ3n) is 6.05. The molecule has 4 aromatic rings. The smallest absolute Gasteiger partial charge is 0.121 e. The summed E-state index contributed by atoms with van der Waals surface area (Å²) in [5.74, 6) is 0.782. The van der Waals surface area contributed by atoms with E-state index in [1.54, 1.807) is 0 Å². The quantitative estimate of drug-likeness (QED) is 0.308. The fourth-order valence-corrected chi connectivity index (χ4v) is 5.31. The van der Waals surface area contributed by atoms with E-state index >= 15 is 0 Å². The van der Waals surface area contributed by atoms with Gasteiger partial charge in [-0.15, -0.1) is 0 Å². The highest BCUT2D eigenvalue weighted by Crippen LogP contribution is 2.36. The van der Waals surface area contributed by atoms with E-state index in [4.69, 9.17) is 4.74 Å². The summed E-state index contributed by atoms with van der Waals surface area (Å²) in [5, 5.41) is 11.3.